The maximum atomic E-state index is 16.5. The summed E-state index contributed by atoms with van der Waals surface area (Å²) in [7, 11) is 1.33. The summed E-state index contributed by atoms with van der Waals surface area (Å²) >= 11 is 6.36. The van der Waals surface area contributed by atoms with Gasteiger partial charge in [0.05, 0.1) is 35.4 Å². The largest absolute Gasteiger partial charge is 0.469 e. The summed E-state index contributed by atoms with van der Waals surface area (Å²) in [4.78, 5) is 39.5. The predicted molar refractivity (Wildman–Crippen MR) is 148 cm³/mol. The lowest BCUT2D eigenvalue weighted by Crippen LogP contribution is -2.54. The smallest absolute Gasteiger partial charge is 0.330 e. The number of ketones is 1. The van der Waals surface area contributed by atoms with Crippen LogP contribution < -0.4 is 5.32 Å². The molecular weight excluding hydrogens is 558 g/mol. The van der Waals surface area contributed by atoms with Crippen molar-refractivity contribution in [2.24, 2.45) is 5.92 Å². The number of methoxy groups -OCH3 is 1. The number of carbonyl (C=O) groups excluding carboxylic acids is 3. The quantitative estimate of drug-likeness (QED) is 0.261. The number of anilines is 1. The van der Waals surface area contributed by atoms with Gasteiger partial charge in [0.15, 0.2) is 5.69 Å². The molecule has 2 fully saturated rings. The summed E-state index contributed by atoms with van der Waals surface area (Å²) in [5.41, 5.74) is 0.640. The Hall–Kier alpha value is -3.41. The number of carbonyl (C=O) groups is 3. The fraction of sp³-hybridized carbons (Fsp3) is 0.448. The second-order valence-corrected chi connectivity index (χ2v) is 10.9. The monoisotopic (exact) mass is 588 g/mol. The van der Waals surface area contributed by atoms with Gasteiger partial charge in [0, 0.05) is 24.9 Å². The van der Waals surface area contributed by atoms with Gasteiger partial charge in [-0.3, -0.25) is 19.5 Å². The molecule has 2 aliphatic rings. The van der Waals surface area contributed by atoms with Crippen LogP contribution in [0, 0.1) is 11.7 Å². The van der Waals surface area contributed by atoms with Gasteiger partial charge in [0.25, 0.3) is 5.91 Å². The van der Waals surface area contributed by atoms with Gasteiger partial charge in [-0.05, 0) is 62.3 Å². The molecule has 1 aromatic heterocycles. The summed E-state index contributed by atoms with van der Waals surface area (Å²) in [6, 6.07) is 9.26. The zero-order valence-electron chi connectivity index (χ0n) is 22.6. The maximum absolute atomic E-state index is 16.5. The number of Topliss-reactive ketones (excluding diaryl/α,β-unsaturated/α-hetero) is 1. The highest BCUT2D eigenvalue weighted by molar-refractivity contribution is 6.34. The normalized spacial score (nSPS) is 21.0. The van der Waals surface area contributed by atoms with Crippen molar-refractivity contribution in [2.45, 2.75) is 57.0 Å². The molecular formula is C29H31ClF2N4O5. The van der Waals surface area contributed by atoms with E-state index in [2.05, 4.69) is 15.5 Å². The molecule has 9 nitrogen and oxygen atoms in total. The summed E-state index contributed by atoms with van der Waals surface area (Å²) in [5, 5.41) is 9.91. The first-order chi connectivity index (χ1) is 19.7. The van der Waals surface area contributed by atoms with E-state index in [0.717, 1.165) is 6.07 Å². The topological polar surface area (TPSA) is 114 Å². The van der Waals surface area contributed by atoms with Crippen molar-refractivity contribution in [2.75, 3.05) is 25.5 Å². The first kappa shape index (κ1) is 29.1. The third kappa shape index (κ3) is 6.12. The van der Waals surface area contributed by atoms with E-state index < -0.39 is 36.0 Å². The number of hydrogen-bond donors (Lipinski definition) is 2. The van der Waals surface area contributed by atoms with E-state index in [9.17, 15) is 14.4 Å². The molecule has 0 radical (unpaired) electrons. The molecule has 1 aliphatic carbocycles. The molecule has 3 aromatic rings. The molecule has 2 heterocycles. The molecule has 1 saturated heterocycles. The molecule has 5 rings (SSSR count). The Balaban J connectivity index is 1.30. The highest BCUT2D eigenvalue weighted by atomic mass is 35.5. The Bertz CT molecular complexity index is 1450. The number of fused-ring (bicyclic) bond motifs is 1. The number of hydrogen-bond acceptors (Lipinski definition) is 7. The van der Waals surface area contributed by atoms with Crippen LogP contribution in [0.15, 0.2) is 36.4 Å². The van der Waals surface area contributed by atoms with Crippen molar-refractivity contribution >= 4 is 45.9 Å². The number of amides is 1. The zero-order chi connectivity index (χ0) is 29.1. The second kappa shape index (κ2) is 12.2. The van der Waals surface area contributed by atoms with Crippen LogP contribution in [0.2, 0.25) is 5.02 Å². The van der Waals surface area contributed by atoms with Crippen LogP contribution in [0.3, 0.4) is 0 Å². The molecule has 2 N–H and O–H groups in total. The third-order valence-corrected chi connectivity index (χ3v) is 8.12. The zero-order valence-corrected chi connectivity index (χ0v) is 23.3. The molecule has 12 heteroatoms. The molecule has 1 saturated carbocycles. The number of H-pyrrole nitrogens is 1. The number of nitrogens with zero attached hydrogens (tertiary/aromatic N) is 2. The SMILES string of the molecule is COC(=O)C1CCC(OC(F)(C(=O)Cc2cc(Cl)c(NC(=O)c3n[nH]c4ccccc34)cc2F)N2CCCC2)CC1. The van der Waals surface area contributed by atoms with Gasteiger partial charge >= 0.3 is 11.9 Å². The van der Waals surface area contributed by atoms with Gasteiger partial charge in [-0.25, -0.2) is 9.29 Å². The summed E-state index contributed by atoms with van der Waals surface area (Å²) in [6.07, 6.45) is 1.96. The van der Waals surface area contributed by atoms with Crippen LogP contribution >= 0.6 is 11.6 Å². The first-order valence-electron chi connectivity index (χ1n) is 13.6. The van der Waals surface area contributed by atoms with Crippen molar-refractivity contribution in [1.29, 1.82) is 0 Å². The number of likely N-dealkylation sites (tertiary alicyclic amines) is 1. The number of aromatic amines is 1. The van der Waals surface area contributed by atoms with Gasteiger partial charge in [-0.15, -0.1) is 0 Å². The molecule has 1 amide bonds. The molecule has 1 aliphatic heterocycles. The summed E-state index contributed by atoms with van der Waals surface area (Å²) in [6.45, 7) is 0.658. The number of esters is 1. The fourth-order valence-corrected chi connectivity index (χ4v) is 5.78. The molecule has 1 unspecified atom stereocenters. The molecule has 41 heavy (non-hydrogen) atoms. The predicted octanol–water partition coefficient (Wildman–Crippen LogP) is 5.19. The van der Waals surface area contributed by atoms with Gasteiger partial charge < -0.3 is 14.8 Å². The van der Waals surface area contributed by atoms with E-state index in [1.807, 2.05) is 0 Å². The van der Waals surface area contributed by atoms with E-state index in [-0.39, 0.29) is 33.9 Å². The van der Waals surface area contributed by atoms with Crippen LogP contribution in [0.5, 0.6) is 0 Å². The highest BCUT2D eigenvalue weighted by Gasteiger charge is 2.49. The number of aromatic nitrogens is 2. The average Bonchev–Trinajstić information content (AvgIpc) is 3.67. The highest BCUT2D eigenvalue weighted by Crippen LogP contribution is 2.35. The van der Waals surface area contributed by atoms with Crippen molar-refractivity contribution in [3.63, 3.8) is 0 Å². The first-order valence-corrected chi connectivity index (χ1v) is 14.0. The van der Waals surface area contributed by atoms with Crippen molar-refractivity contribution in [3.05, 3.63) is 58.5 Å². The van der Waals surface area contributed by atoms with Gasteiger partial charge in [0.1, 0.15) is 5.82 Å². The van der Waals surface area contributed by atoms with E-state index >= 15 is 8.78 Å². The van der Waals surface area contributed by atoms with Gasteiger partial charge in [-0.2, -0.15) is 9.49 Å². The standard InChI is InChI=1S/C29H31ClF2N4O5/c1-40-28(39)17-8-10-19(11-9-17)41-29(32,36-12-4-5-13-36)25(37)15-18-14-21(30)24(16-22(18)31)33-27(38)26-20-6-2-3-7-23(20)34-35-26/h2-3,6-7,14,16-17,19H,4-5,8-13,15H2,1H3,(H,33,38)(H,34,35). The van der Waals surface area contributed by atoms with Crippen molar-refractivity contribution < 1.29 is 32.6 Å². The van der Waals surface area contributed by atoms with Gasteiger partial charge in [-0.1, -0.05) is 29.8 Å². The molecule has 218 valence electrons. The van der Waals surface area contributed by atoms with Crippen molar-refractivity contribution in [1.82, 2.24) is 15.1 Å². The Kier molecular flexibility index (Phi) is 8.67. The molecule has 1 atom stereocenters. The number of benzene rings is 2. The Morgan fingerprint density at radius 1 is 1.15 bits per heavy atom. The Labute approximate surface area is 240 Å². The molecule has 2 aromatic carbocycles. The minimum absolute atomic E-state index is 0.0119. The molecule has 0 bridgehead atoms. The minimum atomic E-state index is -2.74. The van der Waals surface area contributed by atoms with Crippen LogP contribution in [0.4, 0.5) is 14.5 Å². The number of alkyl halides is 1. The van der Waals surface area contributed by atoms with Gasteiger partial charge in [0.2, 0.25) is 5.78 Å². The number of para-hydroxylation sites is 1. The fourth-order valence-electron chi connectivity index (χ4n) is 5.54. The van der Waals surface area contributed by atoms with Crippen molar-refractivity contribution in [3.8, 4) is 0 Å². The van der Waals surface area contributed by atoms with Crippen LogP contribution in [-0.2, 0) is 25.5 Å². The Morgan fingerprint density at radius 3 is 2.56 bits per heavy atom. The van der Waals surface area contributed by atoms with E-state index in [4.69, 9.17) is 21.1 Å². The summed E-state index contributed by atoms with van der Waals surface area (Å²) < 4.78 is 42.3. The summed E-state index contributed by atoms with van der Waals surface area (Å²) in [5.74, 6) is -5.70. The lowest BCUT2D eigenvalue weighted by molar-refractivity contribution is -0.252. The van der Waals surface area contributed by atoms with Crippen LogP contribution in [0.1, 0.15) is 54.6 Å². The Morgan fingerprint density at radius 2 is 1.85 bits per heavy atom. The van der Waals surface area contributed by atoms with E-state index in [1.165, 1.54) is 18.1 Å². The van der Waals surface area contributed by atoms with E-state index in [0.29, 0.717) is 62.5 Å². The number of halogens is 3. The van der Waals surface area contributed by atoms with E-state index in [1.54, 1.807) is 24.3 Å². The maximum Gasteiger partial charge on any atom is 0.330 e. The average molecular weight is 589 g/mol. The third-order valence-electron chi connectivity index (χ3n) is 7.81. The van der Waals surface area contributed by atoms with Crippen LogP contribution in [-0.4, -0.2) is 65.0 Å². The van der Waals surface area contributed by atoms with Crippen LogP contribution in [0.25, 0.3) is 10.9 Å². The number of rotatable bonds is 9. The minimum Gasteiger partial charge on any atom is -0.469 e. The number of nitrogens with one attached hydrogen (secondary N) is 2. The lowest BCUT2D eigenvalue weighted by atomic mass is 9.87. The molecule has 0 spiro atoms. The lowest BCUT2D eigenvalue weighted by Gasteiger charge is -2.37. The second-order valence-electron chi connectivity index (χ2n) is 10.5. The number of ether oxygens (including phenoxy) is 2.